The molecule has 0 aliphatic rings. The smallest absolute Gasteiger partial charge is 0.191 e. The second kappa shape index (κ2) is 5.29. The second-order valence-electron chi connectivity index (χ2n) is 3.51. The summed E-state index contributed by atoms with van der Waals surface area (Å²) in [5.74, 6) is 1.17. The first kappa shape index (κ1) is 12.1. The monoisotopic (exact) mass is 252 g/mol. The van der Waals surface area contributed by atoms with E-state index in [2.05, 4.69) is 10.2 Å². The van der Waals surface area contributed by atoms with Crippen LogP contribution in [-0.2, 0) is 7.05 Å². The van der Waals surface area contributed by atoms with E-state index in [-0.39, 0.29) is 5.82 Å². The van der Waals surface area contributed by atoms with Gasteiger partial charge in [0, 0.05) is 24.9 Å². The fourth-order valence-electron chi connectivity index (χ4n) is 1.47. The highest BCUT2D eigenvalue weighted by Gasteiger charge is 2.11. The first-order valence-electron chi connectivity index (χ1n) is 5.20. The predicted octanol–water partition coefficient (Wildman–Crippen LogP) is 1.67. The third-order valence-electron chi connectivity index (χ3n) is 2.27. The molecule has 2 aromatic rings. The topological polar surface area (TPSA) is 56.7 Å². The number of thioether (sulfide) groups is 1. The highest BCUT2D eigenvalue weighted by atomic mass is 32.2. The molecule has 0 fully saturated rings. The fraction of sp³-hybridized carbons (Fsp3) is 0.273. The molecule has 0 amide bonds. The molecular formula is C11H13FN4S. The summed E-state index contributed by atoms with van der Waals surface area (Å²) in [6, 6.07) is 6.32. The summed E-state index contributed by atoms with van der Waals surface area (Å²) in [5.41, 5.74) is 6.16. The lowest BCUT2D eigenvalue weighted by molar-refractivity contribution is 0.628. The molecule has 2 N–H and O–H groups in total. The molecule has 1 aromatic carbocycles. The van der Waals surface area contributed by atoms with Crippen LogP contribution >= 0.6 is 11.8 Å². The van der Waals surface area contributed by atoms with Crippen LogP contribution in [0.3, 0.4) is 0 Å². The zero-order valence-electron chi connectivity index (χ0n) is 9.43. The van der Waals surface area contributed by atoms with Crippen molar-refractivity contribution in [3.63, 3.8) is 0 Å². The number of hydrogen-bond acceptors (Lipinski definition) is 4. The van der Waals surface area contributed by atoms with E-state index in [9.17, 15) is 4.39 Å². The molecule has 2 rings (SSSR count). The molecule has 0 aliphatic heterocycles. The molecule has 4 nitrogen and oxygen atoms in total. The second-order valence-corrected chi connectivity index (χ2v) is 4.57. The number of nitrogens with two attached hydrogens (primary N) is 1. The van der Waals surface area contributed by atoms with Crippen molar-refractivity contribution in [1.82, 2.24) is 14.8 Å². The van der Waals surface area contributed by atoms with Crippen LogP contribution in [0.25, 0.3) is 11.4 Å². The molecule has 0 spiro atoms. The molecule has 90 valence electrons. The normalized spacial score (nSPS) is 10.8. The number of halogens is 1. The van der Waals surface area contributed by atoms with Gasteiger partial charge in [-0.1, -0.05) is 23.9 Å². The lowest BCUT2D eigenvalue weighted by Gasteiger charge is -2.03. The van der Waals surface area contributed by atoms with Crippen molar-refractivity contribution in [2.75, 3.05) is 12.3 Å². The van der Waals surface area contributed by atoms with Crippen LogP contribution in [0.2, 0.25) is 0 Å². The van der Waals surface area contributed by atoms with Gasteiger partial charge in [-0.25, -0.2) is 4.39 Å². The Morgan fingerprint density at radius 2 is 2.24 bits per heavy atom. The van der Waals surface area contributed by atoms with Gasteiger partial charge in [-0.2, -0.15) is 0 Å². The van der Waals surface area contributed by atoms with Crippen LogP contribution in [-0.4, -0.2) is 27.1 Å². The van der Waals surface area contributed by atoms with E-state index in [0.29, 0.717) is 12.4 Å². The summed E-state index contributed by atoms with van der Waals surface area (Å²) < 4.78 is 15.0. The molecule has 1 heterocycles. The van der Waals surface area contributed by atoms with Crippen LogP contribution in [0.1, 0.15) is 0 Å². The third kappa shape index (κ3) is 2.65. The maximum Gasteiger partial charge on any atom is 0.191 e. The molecule has 0 saturated carbocycles. The van der Waals surface area contributed by atoms with Gasteiger partial charge in [-0.3, -0.25) is 0 Å². The molecule has 0 bridgehead atoms. The van der Waals surface area contributed by atoms with Crippen LogP contribution in [0.4, 0.5) is 4.39 Å². The molecule has 1 aromatic heterocycles. The highest BCUT2D eigenvalue weighted by molar-refractivity contribution is 7.99. The molecule has 6 heteroatoms. The van der Waals surface area contributed by atoms with Gasteiger partial charge >= 0.3 is 0 Å². The Morgan fingerprint density at radius 1 is 1.41 bits per heavy atom. The van der Waals surface area contributed by atoms with E-state index < -0.39 is 0 Å². The van der Waals surface area contributed by atoms with Crippen molar-refractivity contribution in [3.8, 4) is 11.4 Å². The summed E-state index contributed by atoms with van der Waals surface area (Å²) in [4.78, 5) is 0. The zero-order valence-corrected chi connectivity index (χ0v) is 10.2. The van der Waals surface area contributed by atoms with Gasteiger partial charge in [-0.15, -0.1) is 10.2 Å². The van der Waals surface area contributed by atoms with E-state index in [0.717, 1.165) is 16.5 Å². The Bertz CT molecular complexity index is 512. The Balaban J connectivity index is 2.30. The van der Waals surface area contributed by atoms with Crippen LogP contribution in [0, 0.1) is 5.82 Å². The van der Waals surface area contributed by atoms with E-state index in [1.165, 1.54) is 23.9 Å². The van der Waals surface area contributed by atoms with Gasteiger partial charge in [0.2, 0.25) is 0 Å². The molecule has 0 saturated heterocycles. The van der Waals surface area contributed by atoms with Gasteiger partial charge in [0.1, 0.15) is 5.82 Å². The highest BCUT2D eigenvalue weighted by Crippen LogP contribution is 2.22. The molecule has 0 unspecified atom stereocenters. The molecule has 0 aliphatic carbocycles. The van der Waals surface area contributed by atoms with Gasteiger partial charge in [-0.05, 0) is 12.1 Å². The van der Waals surface area contributed by atoms with Crippen LogP contribution in [0.15, 0.2) is 29.4 Å². The number of rotatable bonds is 4. The first-order chi connectivity index (χ1) is 8.22. The Morgan fingerprint density at radius 3 is 2.94 bits per heavy atom. The minimum Gasteiger partial charge on any atom is -0.330 e. The van der Waals surface area contributed by atoms with Gasteiger partial charge < -0.3 is 10.3 Å². The summed E-state index contributed by atoms with van der Waals surface area (Å²) in [6.45, 7) is 0.590. The average Bonchev–Trinajstić information content (AvgIpc) is 2.68. The lowest BCUT2D eigenvalue weighted by Crippen LogP contribution is -2.03. The maximum absolute atomic E-state index is 13.1. The minimum atomic E-state index is -0.276. The standard InChI is InChI=1S/C11H13FN4S/c1-16-10(8-3-2-4-9(12)7-8)14-15-11(16)17-6-5-13/h2-4,7H,5-6,13H2,1H3. The average molecular weight is 252 g/mol. The van der Waals surface area contributed by atoms with Crippen molar-refractivity contribution in [3.05, 3.63) is 30.1 Å². The van der Waals surface area contributed by atoms with Gasteiger partial charge in [0.05, 0.1) is 0 Å². The predicted molar refractivity (Wildman–Crippen MR) is 66.2 cm³/mol. The Hall–Kier alpha value is -1.40. The molecule has 0 radical (unpaired) electrons. The maximum atomic E-state index is 13.1. The van der Waals surface area contributed by atoms with E-state index in [1.54, 1.807) is 6.07 Å². The van der Waals surface area contributed by atoms with Crippen LogP contribution < -0.4 is 5.73 Å². The number of benzene rings is 1. The third-order valence-corrected chi connectivity index (χ3v) is 3.32. The first-order valence-corrected chi connectivity index (χ1v) is 6.19. The van der Waals surface area contributed by atoms with Crippen molar-refractivity contribution in [2.24, 2.45) is 12.8 Å². The SMILES string of the molecule is Cn1c(SCCN)nnc1-c1cccc(F)c1. The van der Waals surface area contributed by atoms with Crippen molar-refractivity contribution >= 4 is 11.8 Å². The van der Waals surface area contributed by atoms with E-state index in [1.807, 2.05) is 17.7 Å². The summed E-state index contributed by atoms with van der Waals surface area (Å²) in [7, 11) is 1.86. The molecular weight excluding hydrogens is 239 g/mol. The quantitative estimate of drug-likeness (QED) is 0.841. The fourth-order valence-corrected chi connectivity index (χ4v) is 2.15. The molecule has 0 atom stereocenters. The van der Waals surface area contributed by atoms with Crippen molar-refractivity contribution in [2.45, 2.75) is 5.16 Å². The van der Waals surface area contributed by atoms with Crippen molar-refractivity contribution in [1.29, 1.82) is 0 Å². The zero-order chi connectivity index (χ0) is 12.3. The number of nitrogens with zero attached hydrogens (tertiary/aromatic N) is 3. The summed E-state index contributed by atoms with van der Waals surface area (Å²) in [5, 5.41) is 8.91. The minimum absolute atomic E-state index is 0.276. The van der Waals surface area contributed by atoms with Crippen LogP contribution in [0.5, 0.6) is 0 Å². The van der Waals surface area contributed by atoms with E-state index >= 15 is 0 Å². The van der Waals surface area contributed by atoms with Gasteiger partial charge in [0.15, 0.2) is 11.0 Å². The van der Waals surface area contributed by atoms with E-state index in [4.69, 9.17) is 5.73 Å². The van der Waals surface area contributed by atoms with Gasteiger partial charge in [0.25, 0.3) is 0 Å². The molecule has 17 heavy (non-hydrogen) atoms. The lowest BCUT2D eigenvalue weighted by atomic mass is 10.2. The largest absolute Gasteiger partial charge is 0.330 e. The van der Waals surface area contributed by atoms with Crippen molar-refractivity contribution < 1.29 is 4.39 Å². The summed E-state index contributed by atoms with van der Waals surface area (Å²) in [6.07, 6.45) is 0. The Labute approximate surface area is 103 Å². The summed E-state index contributed by atoms with van der Waals surface area (Å²) >= 11 is 1.54. The Kier molecular flexibility index (Phi) is 3.75. The number of hydrogen-bond donors (Lipinski definition) is 1. The number of aromatic nitrogens is 3.